The lowest BCUT2D eigenvalue weighted by atomic mass is 9.49. The molecule has 5 aliphatic rings. The van der Waals surface area contributed by atoms with Crippen LogP contribution >= 0.6 is 24.0 Å². The number of nitrogens with zero attached hydrogens (tertiary/aromatic N) is 1. The number of rotatable bonds is 4. The van der Waals surface area contributed by atoms with E-state index in [0.717, 1.165) is 48.2 Å². The Balaban J connectivity index is 1.18. The summed E-state index contributed by atoms with van der Waals surface area (Å²) in [5.74, 6) is 0.453. The van der Waals surface area contributed by atoms with E-state index >= 15 is 0 Å². The smallest absolute Gasteiger partial charge is 0.285 e. The van der Waals surface area contributed by atoms with Gasteiger partial charge in [-0.2, -0.15) is 5.01 Å². The molecule has 1 aliphatic heterocycles. The second kappa shape index (κ2) is 8.02. The van der Waals surface area contributed by atoms with Crippen LogP contribution in [0, 0.1) is 34.8 Å². The monoisotopic (exact) mass is 500 g/mol. The number of carbonyl (C=O) groups is 2. The molecule has 0 radical (unpaired) electrons. The molecule has 5 nitrogen and oxygen atoms in total. The zero-order chi connectivity index (χ0) is 23.6. The van der Waals surface area contributed by atoms with Crippen LogP contribution in [0.4, 0.5) is 8.78 Å². The minimum atomic E-state index is -0.736. The van der Waals surface area contributed by atoms with Gasteiger partial charge >= 0.3 is 0 Å². The van der Waals surface area contributed by atoms with E-state index in [1.54, 1.807) is 12.1 Å². The molecule has 1 aromatic carbocycles. The normalized spacial score (nSPS) is 31.1. The maximum absolute atomic E-state index is 14.1. The van der Waals surface area contributed by atoms with Crippen molar-refractivity contribution in [1.82, 2.24) is 10.4 Å². The fraction of sp³-hybridized carbons (Fsp3) is 0.400. The number of thioether (sulfide) groups is 1. The lowest BCUT2D eigenvalue weighted by molar-refractivity contribution is -0.152. The molecule has 2 amide bonds. The average molecular weight is 501 g/mol. The van der Waals surface area contributed by atoms with Gasteiger partial charge in [-0.05, 0) is 92.8 Å². The molecule has 4 saturated carbocycles. The molecular weight excluding hydrogens is 478 g/mol. The summed E-state index contributed by atoms with van der Waals surface area (Å²) in [6.07, 6.45) is 7.87. The average Bonchev–Trinajstić information content (AvgIpc) is 3.33. The molecule has 0 unspecified atom stereocenters. The Hall–Kier alpha value is -2.52. The van der Waals surface area contributed by atoms with Gasteiger partial charge in [0.1, 0.15) is 23.2 Å². The SMILES string of the molecule is O=C1/C(=C\c2ccc(-c3ccc(F)cc3F)o2)SC(=S)N1NC(=O)C12CC3CC(CC(C3)C1)C2. The number of furan rings is 1. The number of amides is 2. The Morgan fingerprint density at radius 2 is 1.79 bits per heavy atom. The standard InChI is InChI=1S/C25H22F2N2O3S2/c26-16-1-3-18(19(27)8-16)20-4-2-17(32-20)9-21-22(30)29(24(33)34-21)28-23(31)25-10-13-5-14(11-25)7-15(6-13)12-25/h1-4,8-9,13-15H,5-7,10-12H2,(H,28,31)/b21-9+. The largest absolute Gasteiger partial charge is 0.457 e. The van der Waals surface area contributed by atoms with E-state index < -0.39 is 23.0 Å². The van der Waals surface area contributed by atoms with E-state index in [9.17, 15) is 18.4 Å². The predicted molar refractivity (Wildman–Crippen MR) is 128 cm³/mol. The molecule has 0 atom stereocenters. The van der Waals surface area contributed by atoms with Crippen molar-refractivity contribution < 1.29 is 22.8 Å². The maximum Gasteiger partial charge on any atom is 0.285 e. The number of hydrogen-bond donors (Lipinski definition) is 1. The molecule has 7 rings (SSSR count). The Bertz CT molecular complexity index is 1220. The van der Waals surface area contributed by atoms with Crippen molar-refractivity contribution in [2.24, 2.45) is 23.2 Å². The first-order chi connectivity index (χ1) is 16.3. The van der Waals surface area contributed by atoms with Crippen LogP contribution in [-0.2, 0) is 9.59 Å². The van der Waals surface area contributed by atoms with E-state index in [4.69, 9.17) is 16.6 Å². The number of benzene rings is 1. The van der Waals surface area contributed by atoms with Crippen molar-refractivity contribution in [3.63, 3.8) is 0 Å². The Morgan fingerprint density at radius 3 is 2.44 bits per heavy atom. The van der Waals surface area contributed by atoms with Crippen molar-refractivity contribution in [1.29, 1.82) is 0 Å². The van der Waals surface area contributed by atoms with Crippen LogP contribution in [0.15, 0.2) is 39.7 Å². The summed E-state index contributed by atoms with van der Waals surface area (Å²) in [5.41, 5.74) is 2.55. The molecule has 2 heterocycles. The zero-order valence-corrected chi connectivity index (χ0v) is 19.8. The van der Waals surface area contributed by atoms with Gasteiger partial charge in [0, 0.05) is 12.1 Å². The van der Waals surface area contributed by atoms with Crippen molar-refractivity contribution in [3.05, 3.63) is 52.6 Å². The van der Waals surface area contributed by atoms with E-state index in [1.807, 2.05) is 0 Å². The van der Waals surface area contributed by atoms with Gasteiger partial charge in [0.2, 0.25) is 5.91 Å². The second-order valence-corrected chi connectivity index (χ2v) is 11.7. The summed E-state index contributed by atoms with van der Waals surface area (Å²) in [5, 5.41) is 1.16. The highest BCUT2D eigenvalue weighted by Crippen LogP contribution is 2.60. The van der Waals surface area contributed by atoms with Gasteiger partial charge < -0.3 is 4.42 Å². The van der Waals surface area contributed by atoms with Crippen molar-refractivity contribution in [2.45, 2.75) is 38.5 Å². The zero-order valence-electron chi connectivity index (χ0n) is 18.2. The number of halogens is 2. The van der Waals surface area contributed by atoms with Crippen LogP contribution < -0.4 is 5.43 Å². The molecule has 1 aromatic heterocycles. The molecule has 9 heteroatoms. The number of hydrogen-bond acceptors (Lipinski definition) is 5. The van der Waals surface area contributed by atoms with Crippen molar-refractivity contribution >= 4 is 46.2 Å². The third kappa shape index (κ3) is 3.69. The first kappa shape index (κ1) is 22.0. The van der Waals surface area contributed by atoms with Crippen LogP contribution in [0.5, 0.6) is 0 Å². The van der Waals surface area contributed by atoms with Gasteiger partial charge in [-0.25, -0.2) is 8.78 Å². The van der Waals surface area contributed by atoms with Crippen LogP contribution in [0.2, 0.25) is 0 Å². The molecular formula is C25H22F2N2O3S2. The lowest BCUT2D eigenvalue weighted by Gasteiger charge is -2.55. The summed E-state index contributed by atoms with van der Waals surface area (Å²) in [6, 6.07) is 6.39. The Morgan fingerprint density at radius 1 is 1.12 bits per heavy atom. The number of hydrazine groups is 1. The highest BCUT2D eigenvalue weighted by molar-refractivity contribution is 8.26. The minimum absolute atomic E-state index is 0.101. The summed E-state index contributed by atoms with van der Waals surface area (Å²) >= 11 is 6.46. The Kier molecular flexibility index (Phi) is 5.18. The number of thiocarbonyl (C=S) groups is 1. The molecule has 176 valence electrons. The summed E-state index contributed by atoms with van der Waals surface area (Å²) in [4.78, 5) is 26.7. The third-order valence-electron chi connectivity index (χ3n) is 7.62. The molecule has 5 fully saturated rings. The Labute approximate surface area is 204 Å². The van der Waals surface area contributed by atoms with E-state index in [2.05, 4.69) is 5.43 Å². The first-order valence-electron chi connectivity index (χ1n) is 11.4. The quantitative estimate of drug-likeness (QED) is 0.433. The van der Waals surface area contributed by atoms with E-state index in [0.29, 0.717) is 28.4 Å². The number of nitrogens with one attached hydrogen (secondary N) is 1. The maximum atomic E-state index is 14.1. The van der Waals surface area contributed by atoms with E-state index in [-0.39, 0.29) is 21.6 Å². The summed E-state index contributed by atoms with van der Waals surface area (Å²) in [6.45, 7) is 0. The molecule has 34 heavy (non-hydrogen) atoms. The fourth-order valence-electron chi connectivity index (χ4n) is 6.57. The van der Waals surface area contributed by atoms with Crippen LogP contribution in [0.25, 0.3) is 17.4 Å². The molecule has 1 saturated heterocycles. The van der Waals surface area contributed by atoms with Gasteiger partial charge in [0.15, 0.2) is 4.32 Å². The first-order valence-corrected chi connectivity index (χ1v) is 12.7. The molecule has 4 bridgehead atoms. The summed E-state index contributed by atoms with van der Waals surface area (Å²) < 4.78 is 33.2. The molecule has 0 spiro atoms. The molecule has 4 aliphatic carbocycles. The van der Waals surface area contributed by atoms with Gasteiger partial charge in [0.05, 0.1) is 15.9 Å². The fourth-order valence-corrected chi connectivity index (χ4v) is 7.73. The van der Waals surface area contributed by atoms with Crippen molar-refractivity contribution in [2.75, 3.05) is 0 Å². The second-order valence-electron chi connectivity index (χ2n) is 9.98. The van der Waals surface area contributed by atoms with Crippen LogP contribution in [0.3, 0.4) is 0 Å². The van der Waals surface area contributed by atoms with Gasteiger partial charge in [-0.1, -0.05) is 11.8 Å². The van der Waals surface area contributed by atoms with Crippen molar-refractivity contribution in [3.8, 4) is 11.3 Å². The topological polar surface area (TPSA) is 62.6 Å². The highest BCUT2D eigenvalue weighted by atomic mass is 32.2. The van der Waals surface area contributed by atoms with E-state index in [1.165, 1.54) is 31.4 Å². The molecule has 1 N–H and O–H groups in total. The van der Waals surface area contributed by atoms with Gasteiger partial charge in [0.25, 0.3) is 5.91 Å². The van der Waals surface area contributed by atoms with Gasteiger partial charge in [-0.3, -0.25) is 15.0 Å². The summed E-state index contributed by atoms with van der Waals surface area (Å²) in [7, 11) is 0. The minimum Gasteiger partial charge on any atom is -0.457 e. The number of carbonyl (C=O) groups excluding carboxylic acids is 2. The predicted octanol–water partition coefficient (Wildman–Crippen LogP) is 5.67. The third-order valence-corrected chi connectivity index (χ3v) is 8.93. The highest BCUT2D eigenvalue weighted by Gasteiger charge is 2.55. The van der Waals surface area contributed by atoms with Gasteiger partial charge in [-0.15, -0.1) is 0 Å². The van der Waals surface area contributed by atoms with Crippen LogP contribution in [0.1, 0.15) is 44.3 Å². The molecule has 2 aromatic rings. The van der Waals surface area contributed by atoms with Crippen LogP contribution in [-0.4, -0.2) is 21.1 Å². The lowest BCUT2D eigenvalue weighted by Crippen LogP contribution is -2.57.